The molecule has 0 aliphatic rings. The molecule has 1 atom stereocenters. The molecule has 0 saturated carbocycles. The van der Waals surface area contributed by atoms with E-state index in [9.17, 15) is 8.42 Å². The summed E-state index contributed by atoms with van der Waals surface area (Å²) >= 11 is 5.84. The van der Waals surface area contributed by atoms with E-state index >= 15 is 0 Å². The van der Waals surface area contributed by atoms with Crippen molar-refractivity contribution in [3.05, 3.63) is 65.3 Å². The Balaban J connectivity index is 3.03. The van der Waals surface area contributed by atoms with E-state index in [2.05, 4.69) is 33.4 Å². The Morgan fingerprint density at radius 3 is 2.27 bits per heavy atom. The Hall–Kier alpha value is -1.32. The largest absolute Gasteiger partial charge is 0.223 e. The van der Waals surface area contributed by atoms with Crippen molar-refractivity contribution >= 4 is 21.4 Å². The molecule has 0 N–H and O–H groups in total. The van der Waals surface area contributed by atoms with Crippen molar-refractivity contribution in [2.75, 3.05) is 5.88 Å². The number of hydrogen-bond acceptors (Lipinski definition) is 2. The van der Waals surface area contributed by atoms with Gasteiger partial charge in [-0.2, -0.15) is 0 Å². The number of aryl methyl sites for hydroxylation is 1. The highest BCUT2D eigenvalue weighted by molar-refractivity contribution is 7.92. The third-order valence-corrected chi connectivity index (χ3v) is 6.76. The maximum Gasteiger partial charge on any atom is 0.185 e. The molecule has 0 aromatic heterocycles. The molecule has 1 rings (SSSR count). The average Bonchev–Trinajstić information content (AvgIpc) is 2.55. The van der Waals surface area contributed by atoms with Crippen molar-refractivity contribution in [1.29, 1.82) is 0 Å². The van der Waals surface area contributed by atoms with Gasteiger partial charge in [-0.3, -0.25) is 0 Å². The van der Waals surface area contributed by atoms with Gasteiger partial charge in [0.2, 0.25) is 0 Å². The SMILES string of the molecule is C=C(CCCl)C(C/C=C(/C)CCC=C(C)C)S(=O)(=O)c1ccc(C)cc1. The van der Waals surface area contributed by atoms with Gasteiger partial charge in [0.15, 0.2) is 9.84 Å². The predicted molar refractivity (Wildman–Crippen MR) is 114 cm³/mol. The molecule has 26 heavy (non-hydrogen) atoms. The van der Waals surface area contributed by atoms with Crippen molar-refractivity contribution in [2.45, 2.75) is 63.5 Å². The van der Waals surface area contributed by atoms with Gasteiger partial charge in [0.05, 0.1) is 10.1 Å². The molecule has 1 aromatic rings. The summed E-state index contributed by atoms with van der Waals surface area (Å²) in [5, 5.41) is -0.637. The van der Waals surface area contributed by atoms with Crippen LogP contribution < -0.4 is 0 Å². The maximum absolute atomic E-state index is 13.1. The number of benzene rings is 1. The van der Waals surface area contributed by atoms with Crippen LogP contribution in [0.2, 0.25) is 0 Å². The van der Waals surface area contributed by atoms with Gasteiger partial charge in [0.1, 0.15) is 0 Å². The summed E-state index contributed by atoms with van der Waals surface area (Å²) in [6.45, 7) is 12.2. The van der Waals surface area contributed by atoms with Gasteiger partial charge in [-0.05, 0) is 65.5 Å². The molecular formula is C22H31ClO2S. The van der Waals surface area contributed by atoms with Crippen LogP contribution in [0.1, 0.15) is 52.0 Å². The summed E-state index contributed by atoms with van der Waals surface area (Å²) in [6, 6.07) is 7.01. The highest BCUT2D eigenvalue weighted by Gasteiger charge is 2.28. The van der Waals surface area contributed by atoms with E-state index in [-0.39, 0.29) is 0 Å². The summed E-state index contributed by atoms with van der Waals surface area (Å²) < 4.78 is 26.3. The Morgan fingerprint density at radius 2 is 1.73 bits per heavy atom. The normalized spacial score (nSPS) is 13.3. The maximum atomic E-state index is 13.1. The molecule has 0 fully saturated rings. The predicted octanol–water partition coefficient (Wildman–Crippen LogP) is 6.41. The minimum Gasteiger partial charge on any atom is -0.223 e. The standard InChI is InChI=1S/C22H31ClO2S/c1-17(2)7-6-8-18(3)11-14-22(20(5)15-16-23)26(24,25)21-12-9-19(4)10-13-21/h7,9-13,22H,5-6,8,14-16H2,1-4H3/b18-11-. The molecule has 0 aliphatic carbocycles. The fourth-order valence-electron chi connectivity index (χ4n) is 2.69. The quantitative estimate of drug-likeness (QED) is 0.339. The molecule has 4 heteroatoms. The van der Waals surface area contributed by atoms with Gasteiger partial charge in [-0.15, -0.1) is 11.6 Å². The molecule has 0 amide bonds. The van der Waals surface area contributed by atoms with Crippen molar-refractivity contribution in [3.8, 4) is 0 Å². The van der Waals surface area contributed by atoms with Gasteiger partial charge in [-0.25, -0.2) is 8.42 Å². The molecule has 0 bridgehead atoms. The Kier molecular flexibility index (Phi) is 9.38. The second-order valence-electron chi connectivity index (χ2n) is 7.05. The first-order valence-corrected chi connectivity index (χ1v) is 11.1. The summed E-state index contributed by atoms with van der Waals surface area (Å²) in [5.74, 6) is 0.377. The first-order valence-electron chi connectivity index (χ1n) is 9.01. The fourth-order valence-corrected chi connectivity index (χ4v) is 4.68. The van der Waals surface area contributed by atoms with Crippen molar-refractivity contribution in [1.82, 2.24) is 0 Å². The number of alkyl halides is 1. The molecule has 0 aliphatic heterocycles. The molecule has 1 unspecified atom stereocenters. The number of halogens is 1. The highest BCUT2D eigenvalue weighted by Crippen LogP contribution is 2.27. The lowest BCUT2D eigenvalue weighted by Gasteiger charge is -2.19. The Morgan fingerprint density at radius 1 is 1.12 bits per heavy atom. The lowest BCUT2D eigenvalue weighted by Crippen LogP contribution is -2.23. The van der Waals surface area contributed by atoms with E-state index < -0.39 is 15.1 Å². The van der Waals surface area contributed by atoms with Crippen LogP contribution in [0, 0.1) is 6.92 Å². The van der Waals surface area contributed by atoms with Crippen molar-refractivity contribution in [2.24, 2.45) is 0 Å². The lowest BCUT2D eigenvalue weighted by molar-refractivity contribution is 0.584. The third-order valence-electron chi connectivity index (χ3n) is 4.37. The van der Waals surface area contributed by atoms with E-state index in [4.69, 9.17) is 11.6 Å². The van der Waals surface area contributed by atoms with Crippen LogP contribution in [0.3, 0.4) is 0 Å². The zero-order chi connectivity index (χ0) is 19.7. The van der Waals surface area contributed by atoms with Crippen LogP contribution in [0.4, 0.5) is 0 Å². The van der Waals surface area contributed by atoms with Crippen LogP contribution in [-0.2, 0) is 9.84 Å². The number of rotatable bonds is 10. The topological polar surface area (TPSA) is 34.1 Å². The average molecular weight is 395 g/mol. The van der Waals surface area contributed by atoms with Gasteiger partial charge in [0, 0.05) is 5.88 Å². The van der Waals surface area contributed by atoms with Crippen LogP contribution in [0.15, 0.2) is 64.6 Å². The summed E-state index contributed by atoms with van der Waals surface area (Å²) in [5.41, 5.74) is 4.21. The molecule has 2 nitrogen and oxygen atoms in total. The lowest BCUT2D eigenvalue weighted by atomic mass is 10.0. The highest BCUT2D eigenvalue weighted by atomic mass is 35.5. The van der Waals surface area contributed by atoms with Crippen LogP contribution >= 0.6 is 11.6 Å². The number of allylic oxidation sites excluding steroid dienone is 4. The zero-order valence-electron chi connectivity index (χ0n) is 16.4. The molecule has 0 radical (unpaired) electrons. The third kappa shape index (κ3) is 7.13. The first-order chi connectivity index (χ1) is 12.2. The molecule has 1 aromatic carbocycles. The molecule has 0 spiro atoms. The fraction of sp³-hybridized carbons (Fsp3) is 0.455. The van der Waals surface area contributed by atoms with E-state index in [0.717, 1.165) is 18.4 Å². The van der Waals surface area contributed by atoms with Crippen LogP contribution in [-0.4, -0.2) is 19.5 Å². The summed E-state index contributed by atoms with van der Waals surface area (Å²) in [4.78, 5) is 0.347. The minimum atomic E-state index is -3.48. The minimum absolute atomic E-state index is 0.347. The van der Waals surface area contributed by atoms with Gasteiger partial charge in [0.25, 0.3) is 0 Å². The zero-order valence-corrected chi connectivity index (χ0v) is 18.0. The second-order valence-corrected chi connectivity index (χ2v) is 9.56. The second kappa shape index (κ2) is 10.7. The van der Waals surface area contributed by atoms with Crippen molar-refractivity contribution in [3.63, 3.8) is 0 Å². The molecular weight excluding hydrogens is 364 g/mol. The first kappa shape index (κ1) is 22.7. The smallest absolute Gasteiger partial charge is 0.185 e. The van der Waals surface area contributed by atoms with Gasteiger partial charge >= 0.3 is 0 Å². The van der Waals surface area contributed by atoms with Gasteiger partial charge < -0.3 is 0 Å². The van der Waals surface area contributed by atoms with Crippen LogP contribution in [0.5, 0.6) is 0 Å². The molecule has 144 valence electrons. The number of hydrogen-bond donors (Lipinski definition) is 0. The molecule has 0 saturated heterocycles. The Labute approximate surface area is 164 Å². The van der Waals surface area contributed by atoms with E-state index in [1.54, 1.807) is 12.1 Å². The summed E-state index contributed by atoms with van der Waals surface area (Å²) in [7, 11) is -3.48. The summed E-state index contributed by atoms with van der Waals surface area (Å²) in [6.07, 6.45) is 7.08. The van der Waals surface area contributed by atoms with E-state index in [1.165, 1.54) is 11.1 Å². The molecule has 0 heterocycles. The van der Waals surface area contributed by atoms with Gasteiger partial charge in [-0.1, -0.05) is 53.1 Å². The van der Waals surface area contributed by atoms with E-state index in [0.29, 0.717) is 29.2 Å². The number of sulfone groups is 1. The monoisotopic (exact) mass is 394 g/mol. The Bertz CT molecular complexity index is 752. The van der Waals surface area contributed by atoms with Crippen LogP contribution in [0.25, 0.3) is 0 Å². The van der Waals surface area contributed by atoms with E-state index in [1.807, 2.05) is 25.1 Å². The van der Waals surface area contributed by atoms with Crippen molar-refractivity contribution < 1.29 is 8.42 Å².